The van der Waals surface area contributed by atoms with Crippen molar-refractivity contribution in [2.45, 2.75) is 6.42 Å². The summed E-state index contributed by atoms with van der Waals surface area (Å²) < 4.78 is 7.20. The van der Waals surface area contributed by atoms with Crippen LogP contribution in [-0.4, -0.2) is 20.6 Å². The van der Waals surface area contributed by atoms with Crippen LogP contribution < -0.4 is 0 Å². The molecule has 2 rings (SSSR count). The summed E-state index contributed by atoms with van der Waals surface area (Å²) in [6.07, 6.45) is 5.97. The molecule has 0 N–H and O–H groups in total. The first-order chi connectivity index (χ1) is 6.79. The fourth-order valence-electron chi connectivity index (χ4n) is 1.19. The SMILES string of the molecule is Cn1cc(-c2cnc(CCCl)o2)cn1. The van der Waals surface area contributed by atoms with E-state index < -0.39 is 0 Å². The van der Waals surface area contributed by atoms with Crippen molar-refractivity contribution < 1.29 is 4.42 Å². The van der Waals surface area contributed by atoms with E-state index in [1.807, 2.05) is 13.2 Å². The molecule has 0 spiro atoms. The van der Waals surface area contributed by atoms with Gasteiger partial charge in [-0.3, -0.25) is 4.68 Å². The lowest BCUT2D eigenvalue weighted by Gasteiger charge is -1.88. The van der Waals surface area contributed by atoms with Gasteiger partial charge >= 0.3 is 0 Å². The first-order valence-corrected chi connectivity index (χ1v) is 4.83. The van der Waals surface area contributed by atoms with Crippen LogP contribution in [0.5, 0.6) is 0 Å². The predicted octanol–water partition coefficient (Wildman–Crippen LogP) is 1.86. The summed E-state index contributed by atoms with van der Waals surface area (Å²) in [6, 6.07) is 0. The maximum Gasteiger partial charge on any atom is 0.196 e. The Morgan fingerprint density at radius 2 is 2.36 bits per heavy atom. The molecule has 0 aliphatic heterocycles. The molecule has 2 aromatic heterocycles. The van der Waals surface area contributed by atoms with E-state index in [1.54, 1.807) is 17.1 Å². The van der Waals surface area contributed by atoms with Crippen LogP contribution in [0.1, 0.15) is 5.89 Å². The Labute approximate surface area is 86.5 Å². The van der Waals surface area contributed by atoms with Crippen molar-refractivity contribution in [3.63, 3.8) is 0 Å². The fourth-order valence-corrected chi connectivity index (χ4v) is 1.35. The fraction of sp³-hybridized carbons (Fsp3) is 0.333. The van der Waals surface area contributed by atoms with Gasteiger partial charge in [-0.2, -0.15) is 5.10 Å². The maximum atomic E-state index is 5.58. The van der Waals surface area contributed by atoms with Crippen molar-refractivity contribution in [3.8, 4) is 11.3 Å². The van der Waals surface area contributed by atoms with E-state index in [2.05, 4.69) is 10.1 Å². The molecule has 0 fully saturated rings. The number of nitrogens with zero attached hydrogens (tertiary/aromatic N) is 3. The molecular formula is C9H10ClN3O. The van der Waals surface area contributed by atoms with Gasteiger partial charge in [0.25, 0.3) is 0 Å². The van der Waals surface area contributed by atoms with Gasteiger partial charge in [0.1, 0.15) is 0 Å². The van der Waals surface area contributed by atoms with Gasteiger partial charge in [0.15, 0.2) is 11.7 Å². The molecule has 74 valence electrons. The van der Waals surface area contributed by atoms with E-state index in [1.165, 1.54) is 0 Å². The average Bonchev–Trinajstić information content (AvgIpc) is 2.74. The highest BCUT2D eigenvalue weighted by Gasteiger charge is 2.07. The van der Waals surface area contributed by atoms with Crippen molar-refractivity contribution in [2.24, 2.45) is 7.05 Å². The predicted molar refractivity (Wildman–Crippen MR) is 53.1 cm³/mol. The van der Waals surface area contributed by atoms with E-state index in [9.17, 15) is 0 Å². The van der Waals surface area contributed by atoms with Crippen molar-refractivity contribution in [1.82, 2.24) is 14.8 Å². The van der Waals surface area contributed by atoms with Crippen LogP contribution in [-0.2, 0) is 13.5 Å². The van der Waals surface area contributed by atoms with Gasteiger partial charge in [0, 0.05) is 25.5 Å². The molecule has 0 saturated carbocycles. The number of aryl methyl sites for hydroxylation is 2. The van der Waals surface area contributed by atoms with Crippen molar-refractivity contribution in [1.29, 1.82) is 0 Å². The second-order valence-corrected chi connectivity index (χ2v) is 3.34. The number of hydrogen-bond acceptors (Lipinski definition) is 3. The number of halogens is 1. The third-order valence-corrected chi connectivity index (χ3v) is 2.04. The Morgan fingerprint density at radius 3 is 3.00 bits per heavy atom. The summed E-state index contributed by atoms with van der Waals surface area (Å²) in [4.78, 5) is 4.10. The standard InChI is InChI=1S/C9H10ClN3O/c1-13-6-7(4-12-13)8-5-11-9(14-8)2-3-10/h4-6H,2-3H2,1H3. The van der Waals surface area contributed by atoms with Crippen molar-refractivity contribution in [3.05, 3.63) is 24.5 Å². The third-order valence-electron chi connectivity index (χ3n) is 1.85. The molecule has 0 aromatic carbocycles. The molecule has 0 unspecified atom stereocenters. The van der Waals surface area contributed by atoms with Gasteiger partial charge in [0.2, 0.25) is 0 Å². The highest BCUT2D eigenvalue weighted by Crippen LogP contribution is 2.19. The zero-order valence-corrected chi connectivity index (χ0v) is 8.53. The first kappa shape index (κ1) is 9.27. The van der Waals surface area contributed by atoms with Crippen molar-refractivity contribution >= 4 is 11.6 Å². The van der Waals surface area contributed by atoms with Crippen LogP contribution in [0.15, 0.2) is 23.0 Å². The van der Waals surface area contributed by atoms with Crippen LogP contribution in [0.3, 0.4) is 0 Å². The molecular weight excluding hydrogens is 202 g/mol. The summed E-state index contributed by atoms with van der Waals surface area (Å²) in [5, 5.41) is 4.05. The quantitative estimate of drug-likeness (QED) is 0.728. The molecule has 14 heavy (non-hydrogen) atoms. The van der Waals surface area contributed by atoms with Crippen LogP contribution in [0.2, 0.25) is 0 Å². The largest absolute Gasteiger partial charge is 0.441 e. The molecule has 0 saturated heterocycles. The summed E-state index contributed by atoms with van der Waals surface area (Å²) >= 11 is 5.58. The second-order valence-electron chi connectivity index (χ2n) is 2.96. The van der Waals surface area contributed by atoms with E-state index in [-0.39, 0.29) is 0 Å². The monoisotopic (exact) mass is 211 g/mol. The molecule has 5 heteroatoms. The molecule has 2 aromatic rings. The van der Waals surface area contributed by atoms with Crippen LogP contribution >= 0.6 is 11.6 Å². The van der Waals surface area contributed by atoms with Gasteiger partial charge < -0.3 is 4.42 Å². The molecule has 0 radical (unpaired) electrons. The Kier molecular flexibility index (Phi) is 2.54. The molecule has 4 nitrogen and oxygen atoms in total. The molecule has 0 aliphatic carbocycles. The van der Waals surface area contributed by atoms with E-state index in [4.69, 9.17) is 16.0 Å². The highest BCUT2D eigenvalue weighted by molar-refractivity contribution is 6.17. The number of oxazole rings is 1. The van der Waals surface area contributed by atoms with Gasteiger partial charge in [0.05, 0.1) is 18.0 Å². The Balaban J connectivity index is 2.24. The third kappa shape index (κ3) is 1.80. The lowest BCUT2D eigenvalue weighted by atomic mass is 10.3. The average molecular weight is 212 g/mol. The summed E-state index contributed by atoms with van der Waals surface area (Å²) in [5.41, 5.74) is 0.931. The van der Waals surface area contributed by atoms with E-state index in [0.717, 1.165) is 11.3 Å². The minimum absolute atomic E-state index is 0.521. The molecule has 2 heterocycles. The molecule has 0 aliphatic rings. The molecule has 0 bridgehead atoms. The normalized spacial score (nSPS) is 10.7. The summed E-state index contributed by atoms with van der Waals surface area (Å²) in [7, 11) is 1.86. The van der Waals surface area contributed by atoms with Crippen LogP contribution in [0.25, 0.3) is 11.3 Å². The highest BCUT2D eigenvalue weighted by atomic mass is 35.5. The lowest BCUT2D eigenvalue weighted by Crippen LogP contribution is -1.84. The van der Waals surface area contributed by atoms with Gasteiger partial charge in [-0.05, 0) is 0 Å². The van der Waals surface area contributed by atoms with Gasteiger partial charge in [-0.1, -0.05) is 0 Å². The zero-order chi connectivity index (χ0) is 9.97. The summed E-state index contributed by atoms with van der Waals surface area (Å²) in [5.74, 6) is 1.92. The van der Waals surface area contributed by atoms with E-state index >= 15 is 0 Å². The Hall–Kier alpha value is -1.29. The number of aromatic nitrogens is 3. The number of alkyl halides is 1. The minimum atomic E-state index is 0.521. The zero-order valence-electron chi connectivity index (χ0n) is 7.77. The topological polar surface area (TPSA) is 43.9 Å². The van der Waals surface area contributed by atoms with Gasteiger partial charge in [-0.25, -0.2) is 4.98 Å². The lowest BCUT2D eigenvalue weighted by molar-refractivity contribution is 0.514. The van der Waals surface area contributed by atoms with Crippen LogP contribution in [0.4, 0.5) is 0 Å². The first-order valence-electron chi connectivity index (χ1n) is 4.29. The van der Waals surface area contributed by atoms with Gasteiger partial charge in [-0.15, -0.1) is 11.6 Å². The summed E-state index contributed by atoms with van der Waals surface area (Å²) in [6.45, 7) is 0. The minimum Gasteiger partial charge on any atom is -0.441 e. The Morgan fingerprint density at radius 1 is 1.50 bits per heavy atom. The molecule has 0 atom stereocenters. The number of rotatable bonds is 3. The van der Waals surface area contributed by atoms with Crippen molar-refractivity contribution in [2.75, 3.05) is 5.88 Å². The Bertz CT molecular complexity index is 421. The number of hydrogen-bond donors (Lipinski definition) is 0. The molecule has 0 amide bonds. The van der Waals surface area contributed by atoms with Crippen LogP contribution in [0, 0.1) is 0 Å². The smallest absolute Gasteiger partial charge is 0.196 e. The van der Waals surface area contributed by atoms with E-state index in [0.29, 0.717) is 18.2 Å². The second kappa shape index (κ2) is 3.84. The maximum absolute atomic E-state index is 5.58.